The average molecular weight is 474 g/mol. The predicted octanol–water partition coefficient (Wildman–Crippen LogP) is 3.17. The first-order chi connectivity index (χ1) is 14.9. The monoisotopic (exact) mass is 474 g/mol. The van der Waals surface area contributed by atoms with Crippen molar-refractivity contribution in [2.75, 3.05) is 21.2 Å². The van der Waals surface area contributed by atoms with Crippen molar-refractivity contribution < 1.29 is 41.0 Å². The number of carbonyl (C=O) groups is 2. The lowest BCUT2D eigenvalue weighted by molar-refractivity contribution is -0.192. The van der Waals surface area contributed by atoms with E-state index in [2.05, 4.69) is 5.32 Å². The highest BCUT2D eigenvalue weighted by molar-refractivity contribution is 7.90. The Bertz CT molecular complexity index is 1160. The van der Waals surface area contributed by atoms with Crippen molar-refractivity contribution in [1.29, 1.82) is 0 Å². The molecule has 2 N–H and O–H groups in total. The van der Waals surface area contributed by atoms with Crippen LogP contribution in [0.25, 0.3) is 10.9 Å². The van der Waals surface area contributed by atoms with Crippen LogP contribution in [0.15, 0.2) is 59.6 Å². The van der Waals surface area contributed by atoms with Crippen molar-refractivity contribution >= 4 is 33.2 Å². The maximum Gasteiger partial charge on any atom is 0.490 e. The van der Waals surface area contributed by atoms with Crippen LogP contribution in [-0.2, 0) is 14.8 Å². The van der Waals surface area contributed by atoms with Gasteiger partial charge in [0.15, 0.2) is 6.29 Å². The molecule has 0 aliphatic rings. The van der Waals surface area contributed by atoms with Gasteiger partial charge in [0.05, 0.1) is 23.1 Å². The molecule has 8 nitrogen and oxygen atoms in total. The van der Waals surface area contributed by atoms with Gasteiger partial charge < -0.3 is 15.2 Å². The number of alkyl halides is 3. The van der Waals surface area contributed by atoms with Crippen LogP contribution >= 0.6 is 0 Å². The molecule has 3 rings (SSSR count). The number of nitrogens with one attached hydrogen (secondary N) is 1. The van der Waals surface area contributed by atoms with Crippen LogP contribution < -0.4 is 10.1 Å². The summed E-state index contributed by atoms with van der Waals surface area (Å²) in [4.78, 5) is 20.4. The minimum absolute atomic E-state index is 0.191. The number of halogens is 3. The normalized spacial score (nSPS) is 10.9. The molecule has 12 heteroatoms. The van der Waals surface area contributed by atoms with Crippen molar-refractivity contribution in [1.82, 2.24) is 9.29 Å². The molecule has 0 bridgehead atoms. The SMILES string of the molecule is CNC.COc1ccc2c(ccn2S(=O)(=O)c2ccccc2)c1C=O.O=C(O)C(F)(F)F. The predicted molar refractivity (Wildman–Crippen MR) is 112 cm³/mol. The van der Waals surface area contributed by atoms with Gasteiger partial charge in [-0.3, -0.25) is 4.79 Å². The number of hydrogen-bond donors (Lipinski definition) is 2. The second-order valence-corrected chi connectivity index (χ2v) is 7.78. The zero-order valence-corrected chi connectivity index (χ0v) is 18.1. The van der Waals surface area contributed by atoms with Gasteiger partial charge in [0.25, 0.3) is 10.0 Å². The summed E-state index contributed by atoms with van der Waals surface area (Å²) in [6, 6.07) is 13.0. The summed E-state index contributed by atoms with van der Waals surface area (Å²) in [6.07, 6.45) is -2.97. The van der Waals surface area contributed by atoms with Crippen LogP contribution in [0.5, 0.6) is 5.75 Å². The third-order valence-corrected chi connectivity index (χ3v) is 5.42. The minimum atomic E-state index is -5.08. The van der Waals surface area contributed by atoms with Crippen molar-refractivity contribution in [3.05, 3.63) is 60.3 Å². The Kier molecular flexibility index (Phi) is 9.41. The third kappa shape index (κ3) is 6.31. The molecule has 1 aromatic heterocycles. The highest BCUT2D eigenvalue weighted by Gasteiger charge is 2.38. The number of methoxy groups -OCH3 is 1. The fourth-order valence-electron chi connectivity index (χ4n) is 2.41. The van der Waals surface area contributed by atoms with Crippen LogP contribution in [-0.4, -0.2) is 57.1 Å². The minimum Gasteiger partial charge on any atom is -0.496 e. The van der Waals surface area contributed by atoms with E-state index >= 15 is 0 Å². The van der Waals surface area contributed by atoms with Crippen molar-refractivity contribution in [3.8, 4) is 5.75 Å². The first kappa shape index (κ1) is 26.7. The highest BCUT2D eigenvalue weighted by Crippen LogP contribution is 2.29. The van der Waals surface area contributed by atoms with Gasteiger partial charge in [-0.15, -0.1) is 0 Å². The Balaban J connectivity index is 0.000000433. The number of carbonyl (C=O) groups excluding carboxylic acids is 1. The van der Waals surface area contributed by atoms with E-state index in [0.29, 0.717) is 28.5 Å². The van der Waals surface area contributed by atoms with E-state index in [1.54, 1.807) is 36.4 Å². The van der Waals surface area contributed by atoms with E-state index in [1.807, 2.05) is 14.1 Å². The van der Waals surface area contributed by atoms with Gasteiger partial charge in [-0.25, -0.2) is 17.2 Å². The molecule has 0 unspecified atom stereocenters. The van der Waals surface area contributed by atoms with E-state index < -0.39 is 22.2 Å². The molecular formula is C20H21F3N2O6S. The summed E-state index contributed by atoms with van der Waals surface area (Å²) >= 11 is 0. The third-order valence-electron chi connectivity index (χ3n) is 3.72. The lowest BCUT2D eigenvalue weighted by Gasteiger charge is -2.09. The van der Waals surface area contributed by atoms with Gasteiger partial charge in [0, 0.05) is 11.6 Å². The van der Waals surface area contributed by atoms with Crippen LogP contribution in [0.2, 0.25) is 0 Å². The largest absolute Gasteiger partial charge is 0.496 e. The molecular weight excluding hydrogens is 453 g/mol. The fourth-order valence-corrected chi connectivity index (χ4v) is 3.78. The molecule has 1 heterocycles. The van der Waals surface area contributed by atoms with Gasteiger partial charge in [0.1, 0.15) is 5.75 Å². The molecule has 0 fully saturated rings. The number of ether oxygens (including phenoxy) is 1. The van der Waals surface area contributed by atoms with Crippen LogP contribution in [0.4, 0.5) is 13.2 Å². The molecule has 0 aliphatic carbocycles. The molecule has 0 saturated heterocycles. The number of aromatic nitrogens is 1. The molecule has 174 valence electrons. The van der Waals surface area contributed by atoms with E-state index in [9.17, 15) is 26.4 Å². The van der Waals surface area contributed by atoms with Crippen molar-refractivity contribution in [3.63, 3.8) is 0 Å². The molecule has 0 radical (unpaired) electrons. The maximum atomic E-state index is 12.7. The summed E-state index contributed by atoms with van der Waals surface area (Å²) in [7, 11) is 1.51. The Morgan fingerprint density at radius 2 is 1.62 bits per heavy atom. The summed E-state index contributed by atoms with van der Waals surface area (Å²) < 4.78 is 63.5. The zero-order valence-electron chi connectivity index (χ0n) is 17.3. The number of aldehydes is 1. The van der Waals surface area contributed by atoms with E-state index in [-0.39, 0.29) is 4.90 Å². The molecule has 3 aromatic rings. The molecule has 0 saturated carbocycles. The van der Waals surface area contributed by atoms with Gasteiger partial charge in [-0.1, -0.05) is 18.2 Å². The number of hydrogen-bond acceptors (Lipinski definition) is 6. The highest BCUT2D eigenvalue weighted by atomic mass is 32.2. The molecule has 32 heavy (non-hydrogen) atoms. The van der Waals surface area contributed by atoms with Gasteiger partial charge in [0.2, 0.25) is 0 Å². The van der Waals surface area contributed by atoms with Crippen LogP contribution in [0.1, 0.15) is 10.4 Å². The number of aliphatic carboxylic acids is 1. The van der Waals surface area contributed by atoms with Crippen molar-refractivity contribution in [2.24, 2.45) is 0 Å². The van der Waals surface area contributed by atoms with E-state index in [4.69, 9.17) is 14.6 Å². The lowest BCUT2D eigenvalue weighted by atomic mass is 10.1. The number of nitrogens with zero attached hydrogens (tertiary/aromatic N) is 1. The molecule has 2 aromatic carbocycles. The Hall–Kier alpha value is -3.38. The topological polar surface area (TPSA) is 115 Å². The van der Waals surface area contributed by atoms with Gasteiger partial charge in [-0.2, -0.15) is 13.2 Å². The Labute approximate surface area is 182 Å². The summed E-state index contributed by atoms with van der Waals surface area (Å²) in [5.41, 5.74) is 0.772. The summed E-state index contributed by atoms with van der Waals surface area (Å²) in [5.74, 6) is -2.34. The quantitative estimate of drug-likeness (QED) is 0.558. The number of carboxylic acids is 1. The second-order valence-electron chi connectivity index (χ2n) is 5.96. The standard InChI is InChI=1S/C16H13NO4S.C2HF3O2.C2H7N/c1-21-16-8-7-15-13(14(16)11-18)9-10-17(15)22(19,20)12-5-3-2-4-6-12;3-2(4,5)1(6)7;1-3-2/h2-11H,1H3;(H,6,7);3H,1-2H3. The second kappa shape index (κ2) is 11.3. The Morgan fingerprint density at radius 3 is 2.06 bits per heavy atom. The molecule has 0 aliphatic heterocycles. The average Bonchev–Trinajstić information content (AvgIpc) is 3.19. The fraction of sp³-hybridized carbons (Fsp3) is 0.200. The lowest BCUT2D eigenvalue weighted by Crippen LogP contribution is -2.21. The zero-order chi connectivity index (χ0) is 24.5. The first-order valence-electron chi connectivity index (χ1n) is 8.78. The summed E-state index contributed by atoms with van der Waals surface area (Å²) in [6.45, 7) is 0. The molecule has 0 spiro atoms. The van der Waals surface area contributed by atoms with E-state index in [0.717, 1.165) is 0 Å². The van der Waals surface area contributed by atoms with E-state index in [1.165, 1.54) is 29.4 Å². The Morgan fingerprint density at radius 1 is 1.09 bits per heavy atom. The molecule has 0 amide bonds. The maximum absolute atomic E-state index is 12.7. The number of fused-ring (bicyclic) bond motifs is 1. The number of carboxylic acid groups (broad SMARTS) is 1. The van der Waals surface area contributed by atoms with Crippen LogP contribution in [0.3, 0.4) is 0 Å². The summed E-state index contributed by atoms with van der Waals surface area (Å²) in [5, 5.41) is 10.4. The smallest absolute Gasteiger partial charge is 0.490 e. The van der Waals surface area contributed by atoms with Crippen molar-refractivity contribution in [2.45, 2.75) is 11.1 Å². The number of rotatable bonds is 4. The van der Waals surface area contributed by atoms with Gasteiger partial charge >= 0.3 is 12.1 Å². The molecule has 0 atom stereocenters. The van der Waals surface area contributed by atoms with Gasteiger partial charge in [-0.05, 0) is 44.4 Å². The van der Waals surface area contributed by atoms with Crippen LogP contribution in [0, 0.1) is 0 Å². The number of benzene rings is 2. The first-order valence-corrected chi connectivity index (χ1v) is 10.2.